The summed E-state index contributed by atoms with van der Waals surface area (Å²) < 4.78 is 14.8. The minimum atomic E-state index is -0.619. The van der Waals surface area contributed by atoms with E-state index in [9.17, 15) is 9.18 Å². The maximum atomic E-state index is 14.8. The van der Waals surface area contributed by atoms with Crippen molar-refractivity contribution in [2.24, 2.45) is 4.99 Å². The first-order valence-electron chi connectivity index (χ1n) is 12.7. The second kappa shape index (κ2) is 9.93. The Morgan fingerprint density at radius 1 is 1.08 bits per heavy atom. The smallest absolute Gasteiger partial charge is 0.270 e. The molecule has 202 valence electrons. The lowest BCUT2D eigenvalue weighted by atomic mass is 10.1. The SMILES string of the molecule is CC1CN(c2ccc(Nc3ncc4c(n3)N3CCN=C3N(c3c(F)cccc3Cl)C4=O)c(Cl)c2)C[C@H](C)N1C. The van der Waals surface area contributed by atoms with E-state index >= 15 is 0 Å². The van der Waals surface area contributed by atoms with Crippen molar-refractivity contribution in [1.29, 1.82) is 0 Å². The number of anilines is 5. The molecule has 4 heterocycles. The number of hydrogen-bond acceptors (Lipinski definition) is 8. The third kappa shape index (κ3) is 4.46. The average molecular weight is 569 g/mol. The topological polar surface area (TPSA) is 80.2 Å². The van der Waals surface area contributed by atoms with Crippen LogP contribution in [0.4, 0.5) is 33.2 Å². The van der Waals surface area contributed by atoms with Crippen LogP contribution in [-0.2, 0) is 0 Å². The molecule has 0 saturated carbocycles. The van der Waals surface area contributed by atoms with Gasteiger partial charge < -0.3 is 10.2 Å². The molecule has 2 aromatic carbocycles. The molecular weight excluding hydrogens is 542 g/mol. The maximum Gasteiger partial charge on any atom is 0.270 e. The van der Waals surface area contributed by atoms with Crippen LogP contribution < -0.4 is 20.0 Å². The van der Waals surface area contributed by atoms with Crippen molar-refractivity contribution in [1.82, 2.24) is 14.9 Å². The summed E-state index contributed by atoms with van der Waals surface area (Å²) in [5.41, 5.74) is 1.88. The van der Waals surface area contributed by atoms with Gasteiger partial charge in [-0.2, -0.15) is 4.98 Å². The number of benzene rings is 2. The minimum Gasteiger partial charge on any atom is -0.368 e. The van der Waals surface area contributed by atoms with Crippen molar-refractivity contribution in [3.8, 4) is 0 Å². The fraction of sp³-hybridized carbons (Fsp3) is 0.333. The molecular formula is C27H27Cl2FN8O. The highest BCUT2D eigenvalue weighted by molar-refractivity contribution is 6.38. The highest BCUT2D eigenvalue weighted by Gasteiger charge is 2.41. The van der Waals surface area contributed by atoms with Crippen molar-refractivity contribution >= 4 is 63.9 Å². The molecule has 2 atom stereocenters. The number of hydrogen-bond donors (Lipinski definition) is 1. The van der Waals surface area contributed by atoms with Gasteiger partial charge in [-0.3, -0.25) is 19.6 Å². The van der Waals surface area contributed by atoms with E-state index in [0.717, 1.165) is 18.8 Å². The van der Waals surface area contributed by atoms with Crippen molar-refractivity contribution in [2.75, 3.05) is 53.2 Å². The molecule has 1 aromatic heterocycles. The molecule has 1 fully saturated rings. The fourth-order valence-electron chi connectivity index (χ4n) is 5.27. The number of amides is 1. The molecule has 12 heteroatoms. The summed E-state index contributed by atoms with van der Waals surface area (Å²) in [6, 6.07) is 11.0. The van der Waals surface area contributed by atoms with Crippen molar-refractivity contribution in [3.05, 3.63) is 64.0 Å². The van der Waals surface area contributed by atoms with Gasteiger partial charge in [0.05, 0.1) is 22.3 Å². The molecule has 1 saturated heterocycles. The van der Waals surface area contributed by atoms with Gasteiger partial charge >= 0.3 is 0 Å². The van der Waals surface area contributed by atoms with Crippen LogP contribution in [-0.4, -0.2) is 72.0 Å². The third-order valence-corrected chi connectivity index (χ3v) is 8.18. The van der Waals surface area contributed by atoms with Crippen LogP contribution in [0.3, 0.4) is 0 Å². The van der Waals surface area contributed by atoms with Crippen LogP contribution >= 0.6 is 23.2 Å². The summed E-state index contributed by atoms with van der Waals surface area (Å²) in [5, 5.41) is 3.82. The van der Waals surface area contributed by atoms with Crippen molar-refractivity contribution in [2.45, 2.75) is 25.9 Å². The Balaban J connectivity index is 1.28. The van der Waals surface area contributed by atoms with Gasteiger partial charge in [0.25, 0.3) is 5.91 Å². The highest BCUT2D eigenvalue weighted by atomic mass is 35.5. The lowest BCUT2D eigenvalue weighted by Gasteiger charge is -2.43. The lowest BCUT2D eigenvalue weighted by molar-refractivity contribution is 0.0999. The molecule has 3 aliphatic rings. The first-order chi connectivity index (χ1) is 18.7. The standard InChI is InChI=1S/C27H27Cl2FN8O/c1-15-13-36(14-16(2)35(15)3)17-7-8-22(20(29)11-17)33-26-32-12-18-24(34-26)37-10-9-31-27(37)38(25(18)39)23-19(28)5-4-6-21(23)30/h4-8,11-12,15-16H,9-10,13-14H2,1-3H3,(H,32,33,34)/t15-,16?/m0/s1. The molecule has 0 spiro atoms. The number of halogens is 3. The van der Waals surface area contributed by atoms with Crippen molar-refractivity contribution in [3.63, 3.8) is 0 Å². The summed E-state index contributed by atoms with van der Waals surface area (Å²) in [5.74, 6) is -0.167. The number of para-hydroxylation sites is 1. The van der Waals surface area contributed by atoms with E-state index in [1.807, 2.05) is 18.2 Å². The lowest BCUT2D eigenvalue weighted by Crippen LogP contribution is -2.55. The van der Waals surface area contributed by atoms with Crippen molar-refractivity contribution < 1.29 is 9.18 Å². The van der Waals surface area contributed by atoms with Gasteiger partial charge in [0, 0.05) is 43.6 Å². The predicted octanol–water partition coefficient (Wildman–Crippen LogP) is 5.03. The molecule has 3 aromatic rings. The van der Waals surface area contributed by atoms with Gasteiger partial charge in [-0.25, -0.2) is 14.3 Å². The van der Waals surface area contributed by atoms with E-state index in [1.54, 1.807) is 4.90 Å². The number of carbonyl (C=O) groups is 1. The Morgan fingerprint density at radius 3 is 2.56 bits per heavy atom. The quantitative estimate of drug-likeness (QED) is 0.472. The number of likely N-dealkylation sites (N-methyl/N-ethyl adjacent to an activating group) is 1. The number of rotatable bonds is 4. The van der Waals surface area contributed by atoms with Crippen LogP contribution in [0.1, 0.15) is 24.2 Å². The molecule has 1 amide bonds. The van der Waals surface area contributed by atoms with Crippen LogP contribution in [0.5, 0.6) is 0 Å². The van der Waals surface area contributed by atoms with Gasteiger partial charge in [0.1, 0.15) is 17.1 Å². The Hall–Kier alpha value is -3.47. The van der Waals surface area contributed by atoms with Gasteiger partial charge in [0.2, 0.25) is 11.9 Å². The molecule has 0 bridgehead atoms. The minimum absolute atomic E-state index is 0.0429. The normalized spacial score (nSPS) is 21.1. The molecule has 0 radical (unpaired) electrons. The molecule has 9 nitrogen and oxygen atoms in total. The monoisotopic (exact) mass is 568 g/mol. The largest absolute Gasteiger partial charge is 0.368 e. The van der Waals surface area contributed by atoms with E-state index in [2.05, 4.69) is 51.0 Å². The van der Waals surface area contributed by atoms with Gasteiger partial charge in [-0.15, -0.1) is 0 Å². The number of nitrogens with zero attached hydrogens (tertiary/aromatic N) is 7. The van der Waals surface area contributed by atoms with Crippen LogP contribution in [0.2, 0.25) is 10.0 Å². The summed E-state index contributed by atoms with van der Waals surface area (Å²) in [6.07, 6.45) is 1.43. The second-order valence-corrected chi connectivity index (χ2v) is 10.8. The number of aliphatic imine (C=N–C) groups is 1. The molecule has 1 N–H and O–H groups in total. The Bertz CT molecular complexity index is 1470. The molecule has 1 unspecified atom stereocenters. The van der Waals surface area contributed by atoms with E-state index < -0.39 is 11.7 Å². The molecule has 0 aliphatic carbocycles. The van der Waals surface area contributed by atoms with Crippen LogP contribution in [0.15, 0.2) is 47.6 Å². The Morgan fingerprint density at radius 2 is 1.85 bits per heavy atom. The van der Waals surface area contributed by atoms with E-state index in [0.29, 0.717) is 41.7 Å². The summed E-state index contributed by atoms with van der Waals surface area (Å²) >= 11 is 13.0. The zero-order valence-corrected chi connectivity index (χ0v) is 23.2. The number of piperazine rings is 1. The zero-order valence-electron chi connectivity index (χ0n) is 21.7. The first-order valence-corrected chi connectivity index (χ1v) is 13.5. The molecule has 39 heavy (non-hydrogen) atoms. The first kappa shape index (κ1) is 25.8. The van der Waals surface area contributed by atoms with E-state index in [1.165, 1.54) is 29.3 Å². The molecule has 3 aliphatic heterocycles. The van der Waals surface area contributed by atoms with E-state index in [4.69, 9.17) is 23.2 Å². The number of aromatic nitrogens is 2. The summed E-state index contributed by atoms with van der Waals surface area (Å²) in [7, 11) is 2.16. The van der Waals surface area contributed by atoms with Crippen LogP contribution in [0.25, 0.3) is 0 Å². The highest BCUT2D eigenvalue weighted by Crippen LogP contribution is 2.38. The van der Waals surface area contributed by atoms with Gasteiger partial charge in [-0.1, -0.05) is 29.3 Å². The predicted molar refractivity (Wildman–Crippen MR) is 154 cm³/mol. The Labute approximate surface area is 235 Å². The van der Waals surface area contributed by atoms with Gasteiger partial charge in [-0.05, 0) is 51.2 Å². The molecule has 6 rings (SSSR count). The Kier molecular flexibility index (Phi) is 6.57. The van der Waals surface area contributed by atoms with Crippen LogP contribution in [0, 0.1) is 5.82 Å². The number of fused-ring (bicyclic) bond motifs is 3. The van der Waals surface area contributed by atoms with E-state index in [-0.39, 0.29) is 28.2 Å². The second-order valence-electron chi connectivity index (χ2n) is 10.0. The summed E-state index contributed by atoms with van der Waals surface area (Å²) in [4.78, 5) is 34.6. The summed E-state index contributed by atoms with van der Waals surface area (Å²) in [6.45, 7) is 7.18. The average Bonchev–Trinajstić information content (AvgIpc) is 3.39. The third-order valence-electron chi connectivity index (χ3n) is 7.56. The number of guanidine groups is 1. The number of carbonyl (C=O) groups excluding carboxylic acids is 1. The fourth-order valence-corrected chi connectivity index (χ4v) is 5.74. The maximum absolute atomic E-state index is 14.8. The zero-order chi connectivity index (χ0) is 27.4. The number of nitrogens with one attached hydrogen (secondary N) is 1. The van der Waals surface area contributed by atoms with Gasteiger partial charge in [0.15, 0.2) is 5.82 Å².